The lowest BCUT2D eigenvalue weighted by molar-refractivity contribution is 0.0601. The number of nitrogens with zero attached hydrogens (tertiary/aromatic N) is 2. The molecule has 6 nitrogen and oxygen atoms in total. The summed E-state index contributed by atoms with van der Waals surface area (Å²) in [4.78, 5) is 15.8. The molecule has 0 aliphatic rings. The highest BCUT2D eigenvalue weighted by atomic mass is 32.1. The topological polar surface area (TPSA) is 89.6 Å². The van der Waals surface area contributed by atoms with Crippen LogP contribution < -0.4 is 11.2 Å². The maximum atomic E-state index is 11.7. The van der Waals surface area contributed by atoms with E-state index in [-0.39, 0.29) is 5.97 Å². The zero-order chi connectivity index (χ0) is 17.6. The van der Waals surface area contributed by atoms with Crippen molar-refractivity contribution in [3.63, 3.8) is 0 Å². The first kappa shape index (κ1) is 16.7. The SMILES string of the molecule is COC(=O)c1cccc(-c2ccccc2C=NNc2nc(N)cs2)c1. The quantitative estimate of drug-likeness (QED) is 0.416. The molecule has 2 aromatic carbocycles. The third kappa shape index (κ3) is 4.02. The summed E-state index contributed by atoms with van der Waals surface area (Å²) in [7, 11) is 1.37. The van der Waals surface area contributed by atoms with Crippen LogP contribution in [0.5, 0.6) is 0 Å². The molecule has 25 heavy (non-hydrogen) atoms. The molecular weight excluding hydrogens is 336 g/mol. The summed E-state index contributed by atoms with van der Waals surface area (Å²) in [5.74, 6) is 0.0961. The Bertz CT molecular complexity index is 921. The Morgan fingerprint density at radius 3 is 2.88 bits per heavy atom. The average Bonchev–Trinajstić information content (AvgIpc) is 3.07. The zero-order valence-corrected chi connectivity index (χ0v) is 14.3. The second-order valence-corrected chi connectivity index (χ2v) is 5.97. The number of hydrazone groups is 1. The number of nitrogens with one attached hydrogen (secondary N) is 1. The van der Waals surface area contributed by atoms with E-state index >= 15 is 0 Å². The van der Waals surface area contributed by atoms with Crippen LogP contribution in [0, 0.1) is 0 Å². The fourth-order valence-electron chi connectivity index (χ4n) is 2.30. The maximum Gasteiger partial charge on any atom is 0.337 e. The van der Waals surface area contributed by atoms with E-state index in [2.05, 4.69) is 15.5 Å². The largest absolute Gasteiger partial charge is 0.465 e. The van der Waals surface area contributed by atoms with Gasteiger partial charge in [0.1, 0.15) is 5.82 Å². The molecule has 0 spiro atoms. The van der Waals surface area contributed by atoms with Crippen molar-refractivity contribution in [3.05, 3.63) is 65.0 Å². The highest BCUT2D eigenvalue weighted by molar-refractivity contribution is 7.14. The minimum absolute atomic E-state index is 0.365. The number of anilines is 2. The molecule has 3 rings (SSSR count). The Hall–Kier alpha value is -3.19. The molecule has 0 saturated heterocycles. The van der Waals surface area contributed by atoms with E-state index < -0.39 is 0 Å². The number of ether oxygens (including phenoxy) is 1. The number of aromatic nitrogens is 1. The number of hydrogen-bond acceptors (Lipinski definition) is 7. The fourth-order valence-corrected chi connectivity index (χ4v) is 2.85. The number of benzene rings is 2. The van der Waals surface area contributed by atoms with Gasteiger partial charge in [0.2, 0.25) is 5.13 Å². The smallest absolute Gasteiger partial charge is 0.337 e. The van der Waals surface area contributed by atoms with Crippen LogP contribution in [0.15, 0.2) is 59.0 Å². The lowest BCUT2D eigenvalue weighted by atomic mass is 9.98. The van der Waals surface area contributed by atoms with Gasteiger partial charge in [-0.3, -0.25) is 5.43 Å². The summed E-state index contributed by atoms with van der Waals surface area (Å²) in [6, 6.07) is 15.1. The van der Waals surface area contributed by atoms with E-state index in [1.54, 1.807) is 23.7 Å². The van der Waals surface area contributed by atoms with E-state index in [1.807, 2.05) is 36.4 Å². The van der Waals surface area contributed by atoms with Crippen molar-refractivity contribution in [2.45, 2.75) is 0 Å². The van der Waals surface area contributed by atoms with Gasteiger partial charge in [0.15, 0.2) is 0 Å². The Kier molecular flexibility index (Phi) is 5.06. The number of carbonyl (C=O) groups is 1. The van der Waals surface area contributed by atoms with Crippen LogP contribution in [0.4, 0.5) is 10.9 Å². The first-order valence-electron chi connectivity index (χ1n) is 7.45. The summed E-state index contributed by atoms with van der Waals surface area (Å²) < 4.78 is 4.78. The van der Waals surface area contributed by atoms with Crippen LogP contribution in [-0.2, 0) is 4.74 Å². The molecule has 0 unspecified atom stereocenters. The van der Waals surface area contributed by atoms with Crippen LogP contribution in [0.3, 0.4) is 0 Å². The lowest BCUT2D eigenvalue weighted by Crippen LogP contribution is -2.01. The number of carbonyl (C=O) groups excluding carboxylic acids is 1. The molecule has 0 radical (unpaired) electrons. The molecule has 0 amide bonds. The van der Waals surface area contributed by atoms with Crippen LogP contribution in [0.2, 0.25) is 0 Å². The van der Waals surface area contributed by atoms with Crippen molar-refractivity contribution in [3.8, 4) is 11.1 Å². The Balaban J connectivity index is 1.87. The van der Waals surface area contributed by atoms with Crippen LogP contribution in [0.1, 0.15) is 15.9 Å². The minimum Gasteiger partial charge on any atom is -0.465 e. The zero-order valence-electron chi connectivity index (χ0n) is 13.5. The molecule has 126 valence electrons. The molecule has 0 bridgehead atoms. The fraction of sp³-hybridized carbons (Fsp3) is 0.0556. The van der Waals surface area contributed by atoms with Gasteiger partial charge in [-0.05, 0) is 23.3 Å². The molecule has 0 saturated carbocycles. The second kappa shape index (κ2) is 7.59. The number of rotatable bonds is 5. The van der Waals surface area contributed by atoms with Crippen LogP contribution in [-0.4, -0.2) is 24.3 Å². The molecule has 0 aliphatic carbocycles. The molecule has 7 heteroatoms. The van der Waals surface area contributed by atoms with Crippen molar-refractivity contribution < 1.29 is 9.53 Å². The van der Waals surface area contributed by atoms with Gasteiger partial charge in [-0.1, -0.05) is 36.4 Å². The van der Waals surface area contributed by atoms with Gasteiger partial charge < -0.3 is 10.5 Å². The highest BCUT2D eigenvalue weighted by Crippen LogP contribution is 2.24. The van der Waals surface area contributed by atoms with Gasteiger partial charge >= 0.3 is 5.97 Å². The Labute approximate surface area is 149 Å². The third-order valence-electron chi connectivity index (χ3n) is 3.44. The van der Waals surface area contributed by atoms with Gasteiger partial charge in [0.05, 0.1) is 18.9 Å². The van der Waals surface area contributed by atoms with E-state index in [0.29, 0.717) is 16.5 Å². The predicted molar refractivity (Wildman–Crippen MR) is 101 cm³/mol. The number of nitrogen functional groups attached to an aromatic ring is 1. The van der Waals surface area contributed by atoms with E-state index in [1.165, 1.54) is 18.4 Å². The molecule has 3 aromatic rings. The number of hydrogen-bond donors (Lipinski definition) is 2. The van der Waals surface area contributed by atoms with Crippen molar-refractivity contribution in [2.75, 3.05) is 18.3 Å². The van der Waals surface area contributed by atoms with E-state index in [0.717, 1.165) is 16.7 Å². The molecule has 1 heterocycles. The van der Waals surface area contributed by atoms with Gasteiger partial charge in [-0.25, -0.2) is 9.78 Å². The second-order valence-electron chi connectivity index (χ2n) is 5.11. The van der Waals surface area contributed by atoms with Gasteiger partial charge in [-0.15, -0.1) is 11.3 Å². The van der Waals surface area contributed by atoms with Crippen molar-refractivity contribution >= 4 is 34.5 Å². The molecule has 0 atom stereocenters. The first-order valence-corrected chi connectivity index (χ1v) is 8.33. The normalized spacial score (nSPS) is 10.8. The lowest BCUT2D eigenvalue weighted by Gasteiger charge is -2.07. The molecule has 0 aliphatic heterocycles. The molecule has 3 N–H and O–H groups in total. The van der Waals surface area contributed by atoms with Crippen LogP contribution in [0.25, 0.3) is 11.1 Å². The monoisotopic (exact) mass is 352 g/mol. The summed E-state index contributed by atoms with van der Waals surface area (Å²) >= 11 is 1.38. The van der Waals surface area contributed by atoms with Crippen molar-refractivity contribution in [1.29, 1.82) is 0 Å². The third-order valence-corrected chi connectivity index (χ3v) is 4.21. The number of methoxy groups -OCH3 is 1. The standard InChI is InChI=1S/C18H16N4O2S/c1-24-17(23)13-7-4-6-12(9-13)15-8-3-2-5-14(15)10-20-22-18-21-16(19)11-25-18/h2-11H,19H2,1H3,(H,21,22). The van der Waals surface area contributed by atoms with Crippen LogP contribution >= 0.6 is 11.3 Å². The minimum atomic E-state index is -0.365. The number of thiazole rings is 1. The molecular formula is C18H16N4O2S. The number of esters is 1. The van der Waals surface area contributed by atoms with Crippen molar-refractivity contribution in [2.24, 2.45) is 5.10 Å². The van der Waals surface area contributed by atoms with E-state index in [4.69, 9.17) is 10.5 Å². The Morgan fingerprint density at radius 2 is 2.12 bits per heavy atom. The number of nitrogens with two attached hydrogens (primary N) is 1. The van der Waals surface area contributed by atoms with Gasteiger partial charge in [-0.2, -0.15) is 5.10 Å². The average molecular weight is 352 g/mol. The van der Waals surface area contributed by atoms with E-state index in [9.17, 15) is 4.79 Å². The molecule has 1 aromatic heterocycles. The highest BCUT2D eigenvalue weighted by Gasteiger charge is 2.08. The Morgan fingerprint density at radius 1 is 1.28 bits per heavy atom. The predicted octanol–water partition coefficient (Wildman–Crippen LogP) is 3.62. The maximum absolute atomic E-state index is 11.7. The first-order chi connectivity index (χ1) is 12.2. The van der Waals surface area contributed by atoms with Gasteiger partial charge in [0.25, 0.3) is 0 Å². The molecule has 0 fully saturated rings. The van der Waals surface area contributed by atoms with Gasteiger partial charge in [0, 0.05) is 10.9 Å². The van der Waals surface area contributed by atoms with Crippen molar-refractivity contribution in [1.82, 2.24) is 4.98 Å². The summed E-state index contributed by atoms with van der Waals surface area (Å²) in [6.45, 7) is 0. The summed E-state index contributed by atoms with van der Waals surface area (Å²) in [6.07, 6.45) is 1.71. The summed E-state index contributed by atoms with van der Waals surface area (Å²) in [5.41, 5.74) is 11.7. The summed E-state index contributed by atoms with van der Waals surface area (Å²) in [5, 5.41) is 6.57.